The highest BCUT2D eigenvalue weighted by Crippen LogP contribution is 2.42. The fourth-order valence-corrected chi connectivity index (χ4v) is 3.81. The zero-order valence-corrected chi connectivity index (χ0v) is 14.7. The summed E-state index contributed by atoms with van der Waals surface area (Å²) in [5.74, 6) is 0.544. The largest absolute Gasteiger partial charge is 0.376 e. The van der Waals surface area contributed by atoms with Crippen LogP contribution >= 0.6 is 11.3 Å². The molecule has 1 saturated heterocycles. The molecule has 2 fully saturated rings. The average Bonchev–Trinajstić information content (AvgIpc) is 3.15. The Morgan fingerprint density at radius 3 is 2.84 bits per heavy atom. The van der Waals surface area contributed by atoms with Gasteiger partial charge in [0, 0.05) is 38.0 Å². The van der Waals surface area contributed by atoms with Crippen molar-refractivity contribution in [3.05, 3.63) is 35.1 Å². The molecule has 1 aliphatic carbocycles. The molecule has 0 bridgehead atoms. The number of aromatic nitrogens is 3. The van der Waals surface area contributed by atoms with E-state index in [0.29, 0.717) is 24.1 Å². The molecule has 2 aromatic rings. The van der Waals surface area contributed by atoms with E-state index >= 15 is 0 Å². The van der Waals surface area contributed by atoms with Crippen LogP contribution in [0.3, 0.4) is 0 Å². The number of hydrogen-bond donors (Lipinski definition) is 1. The van der Waals surface area contributed by atoms with Crippen LogP contribution in [0.1, 0.15) is 42.2 Å². The normalized spacial score (nSPS) is 19.8. The first-order valence-corrected chi connectivity index (χ1v) is 9.49. The molecule has 132 valence electrons. The zero-order valence-electron chi connectivity index (χ0n) is 13.9. The maximum absolute atomic E-state index is 12.8. The van der Waals surface area contributed by atoms with E-state index in [1.54, 1.807) is 17.3 Å². The second-order valence-corrected chi connectivity index (χ2v) is 7.53. The Kier molecular flexibility index (Phi) is 4.89. The van der Waals surface area contributed by atoms with Crippen LogP contribution in [0, 0.1) is 0 Å². The van der Waals surface area contributed by atoms with E-state index in [2.05, 4.69) is 20.5 Å². The Morgan fingerprint density at radius 2 is 2.12 bits per heavy atom. The lowest BCUT2D eigenvalue weighted by Gasteiger charge is -2.25. The standard InChI is InChI=1S/C17H21N5O2S/c23-17(19-16-21-20-15(25-16)13-3-4-13)22(11-14-2-1-9-24-14)10-12-5-7-18-8-6-12/h5-8,13-14H,1-4,9-11H2,(H,19,21,23)/t14-/m0/s1. The van der Waals surface area contributed by atoms with E-state index in [1.165, 1.54) is 24.2 Å². The average molecular weight is 359 g/mol. The van der Waals surface area contributed by atoms with Gasteiger partial charge >= 0.3 is 6.03 Å². The molecule has 2 aliphatic rings. The van der Waals surface area contributed by atoms with Crippen molar-refractivity contribution in [3.8, 4) is 0 Å². The summed E-state index contributed by atoms with van der Waals surface area (Å²) >= 11 is 1.48. The van der Waals surface area contributed by atoms with Gasteiger partial charge in [0.2, 0.25) is 5.13 Å². The van der Waals surface area contributed by atoms with E-state index in [4.69, 9.17) is 4.74 Å². The predicted molar refractivity (Wildman–Crippen MR) is 94.5 cm³/mol. The Hall–Kier alpha value is -2.06. The molecule has 8 heteroatoms. The fourth-order valence-electron chi connectivity index (χ4n) is 2.91. The van der Waals surface area contributed by atoms with Gasteiger partial charge < -0.3 is 9.64 Å². The fraction of sp³-hybridized carbons (Fsp3) is 0.529. The third-order valence-electron chi connectivity index (χ3n) is 4.44. The molecular weight excluding hydrogens is 338 g/mol. The molecule has 0 unspecified atom stereocenters. The molecule has 3 heterocycles. The number of nitrogens with one attached hydrogen (secondary N) is 1. The van der Waals surface area contributed by atoms with Gasteiger partial charge in [0.05, 0.1) is 6.10 Å². The van der Waals surface area contributed by atoms with E-state index in [-0.39, 0.29) is 12.1 Å². The van der Waals surface area contributed by atoms with Crippen LogP contribution in [0.5, 0.6) is 0 Å². The number of nitrogens with zero attached hydrogens (tertiary/aromatic N) is 4. The minimum absolute atomic E-state index is 0.101. The number of pyridine rings is 1. The van der Waals surface area contributed by atoms with E-state index in [0.717, 1.165) is 30.0 Å². The lowest BCUT2D eigenvalue weighted by Crippen LogP contribution is -2.39. The molecule has 7 nitrogen and oxygen atoms in total. The minimum atomic E-state index is -0.161. The summed E-state index contributed by atoms with van der Waals surface area (Å²) in [4.78, 5) is 18.6. The molecule has 1 N–H and O–H groups in total. The molecule has 0 spiro atoms. The Labute approximate surface area is 150 Å². The van der Waals surface area contributed by atoms with Gasteiger partial charge in [-0.1, -0.05) is 11.3 Å². The van der Waals surface area contributed by atoms with Crippen LogP contribution in [-0.2, 0) is 11.3 Å². The first-order valence-electron chi connectivity index (χ1n) is 8.68. The Morgan fingerprint density at radius 1 is 1.28 bits per heavy atom. The smallest absolute Gasteiger partial charge is 0.324 e. The van der Waals surface area contributed by atoms with Crippen LogP contribution in [0.25, 0.3) is 0 Å². The highest BCUT2D eigenvalue weighted by atomic mass is 32.1. The first-order chi connectivity index (χ1) is 12.3. The van der Waals surface area contributed by atoms with Gasteiger partial charge in [-0.3, -0.25) is 10.3 Å². The number of urea groups is 1. The summed E-state index contributed by atoms with van der Waals surface area (Å²) in [5.41, 5.74) is 1.04. The van der Waals surface area contributed by atoms with Gasteiger partial charge in [0.15, 0.2) is 0 Å². The second kappa shape index (κ2) is 7.45. The van der Waals surface area contributed by atoms with Gasteiger partial charge in [-0.25, -0.2) is 4.79 Å². The lowest BCUT2D eigenvalue weighted by atomic mass is 10.2. The van der Waals surface area contributed by atoms with Gasteiger partial charge in [0.25, 0.3) is 0 Å². The SMILES string of the molecule is O=C(Nc1nnc(C2CC2)s1)N(Cc1ccncc1)C[C@@H]1CCCO1. The summed E-state index contributed by atoms with van der Waals surface area (Å²) in [6.45, 7) is 1.86. The third kappa shape index (κ3) is 4.32. The maximum atomic E-state index is 12.8. The quantitative estimate of drug-likeness (QED) is 0.857. The molecule has 0 radical (unpaired) electrons. The van der Waals surface area contributed by atoms with Crippen molar-refractivity contribution in [1.29, 1.82) is 0 Å². The third-order valence-corrected chi connectivity index (χ3v) is 5.44. The number of carbonyl (C=O) groups is 1. The first kappa shape index (κ1) is 16.4. The highest BCUT2D eigenvalue weighted by molar-refractivity contribution is 7.15. The van der Waals surface area contributed by atoms with Gasteiger partial charge in [-0.15, -0.1) is 10.2 Å². The number of anilines is 1. The summed E-state index contributed by atoms with van der Waals surface area (Å²) in [6, 6.07) is 3.68. The summed E-state index contributed by atoms with van der Waals surface area (Å²) in [7, 11) is 0. The monoisotopic (exact) mass is 359 g/mol. The number of ether oxygens (including phenoxy) is 1. The summed E-state index contributed by atoms with van der Waals surface area (Å²) in [6.07, 6.45) is 7.98. The molecular formula is C17H21N5O2S. The number of carbonyl (C=O) groups excluding carboxylic acids is 1. The molecule has 2 amide bonds. The second-order valence-electron chi connectivity index (χ2n) is 6.52. The van der Waals surface area contributed by atoms with Crippen molar-refractivity contribution in [2.75, 3.05) is 18.5 Å². The van der Waals surface area contributed by atoms with Gasteiger partial charge in [0.1, 0.15) is 5.01 Å². The molecule has 2 aromatic heterocycles. The molecule has 0 aromatic carbocycles. The van der Waals surface area contributed by atoms with Gasteiger partial charge in [-0.2, -0.15) is 0 Å². The molecule has 4 rings (SSSR count). The van der Waals surface area contributed by atoms with Crippen LogP contribution < -0.4 is 5.32 Å². The minimum Gasteiger partial charge on any atom is -0.376 e. The Balaban J connectivity index is 1.43. The van der Waals surface area contributed by atoms with Crippen molar-refractivity contribution in [1.82, 2.24) is 20.1 Å². The molecule has 25 heavy (non-hydrogen) atoms. The lowest BCUT2D eigenvalue weighted by molar-refractivity contribution is 0.0819. The van der Waals surface area contributed by atoms with Crippen LogP contribution in [0.2, 0.25) is 0 Å². The number of amides is 2. The molecule has 1 atom stereocenters. The van der Waals surface area contributed by atoms with Crippen molar-refractivity contribution in [2.45, 2.75) is 44.2 Å². The maximum Gasteiger partial charge on any atom is 0.324 e. The predicted octanol–water partition coefficient (Wildman–Crippen LogP) is 3.02. The highest BCUT2D eigenvalue weighted by Gasteiger charge is 2.28. The zero-order chi connectivity index (χ0) is 17.1. The molecule has 1 aliphatic heterocycles. The summed E-state index contributed by atoms with van der Waals surface area (Å²) in [5, 5.41) is 12.8. The number of rotatable bonds is 6. The van der Waals surface area contributed by atoms with Crippen molar-refractivity contribution >= 4 is 22.5 Å². The van der Waals surface area contributed by atoms with Crippen molar-refractivity contribution in [3.63, 3.8) is 0 Å². The summed E-state index contributed by atoms with van der Waals surface area (Å²) < 4.78 is 5.71. The topological polar surface area (TPSA) is 80.2 Å². The van der Waals surface area contributed by atoms with Crippen LogP contribution in [0.4, 0.5) is 9.93 Å². The molecule has 1 saturated carbocycles. The number of hydrogen-bond acceptors (Lipinski definition) is 6. The van der Waals surface area contributed by atoms with E-state index in [1.807, 2.05) is 12.1 Å². The van der Waals surface area contributed by atoms with Crippen molar-refractivity contribution < 1.29 is 9.53 Å². The van der Waals surface area contributed by atoms with E-state index < -0.39 is 0 Å². The van der Waals surface area contributed by atoms with E-state index in [9.17, 15) is 4.79 Å². The van der Waals surface area contributed by atoms with Crippen LogP contribution in [0.15, 0.2) is 24.5 Å². The van der Waals surface area contributed by atoms with Crippen LogP contribution in [-0.4, -0.2) is 45.4 Å². The van der Waals surface area contributed by atoms with Gasteiger partial charge in [-0.05, 0) is 43.4 Å². The van der Waals surface area contributed by atoms with Crippen molar-refractivity contribution in [2.24, 2.45) is 0 Å². The Bertz CT molecular complexity index is 713.